The van der Waals surface area contributed by atoms with Gasteiger partial charge in [-0.2, -0.15) is 0 Å². The van der Waals surface area contributed by atoms with Crippen molar-refractivity contribution in [3.8, 4) is 0 Å². The Morgan fingerprint density at radius 2 is 1.65 bits per heavy atom. The van der Waals surface area contributed by atoms with Gasteiger partial charge < -0.3 is 5.32 Å². The molecule has 2 aromatic carbocycles. The van der Waals surface area contributed by atoms with Crippen molar-refractivity contribution < 1.29 is 17.6 Å². The molecule has 0 spiro atoms. The Bertz CT molecular complexity index is 772. The van der Waals surface area contributed by atoms with Crippen molar-refractivity contribution in [1.29, 1.82) is 0 Å². The molecular weight excluding hydrogens is 319 g/mol. The number of sulfonamides is 1. The zero-order valence-electron chi connectivity index (χ0n) is 12.5. The van der Waals surface area contributed by atoms with Crippen LogP contribution in [-0.4, -0.2) is 20.9 Å². The number of benzene rings is 2. The molecule has 0 aliphatic rings. The Morgan fingerprint density at radius 3 is 2.22 bits per heavy atom. The molecular formula is C16H17FN2O3S. The largest absolute Gasteiger partial charge is 0.322 e. The first-order valence-electron chi connectivity index (χ1n) is 7.09. The summed E-state index contributed by atoms with van der Waals surface area (Å²) in [5.41, 5.74) is 0.765. The molecule has 2 N–H and O–H groups in total. The molecule has 0 aliphatic carbocycles. The van der Waals surface area contributed by atoms with Gasteiger partial charge in [0.05, 0.1) is 4.90 Å². The second kappa shape index (κ2) is 7.34. The minimum Gasteiger partial charge on any atom is -0.322 e. The van der Waals surface area contributed by atoms with Crippen LogP contribution < -0.4 is 10.0 Å². The molecule has 23 heavy (non-hydrogen) atoms. The zero-order chi connectivity index (χ0) is 16.9. The number of rotatable bonds is 6. The van der Waals surface area contributed by atoms with E-state index in [1.807, 2.05) is 6.92 Å². The van der Waals surface area contributed by atoms with Gasteiger partial charge in [-0.25, -0.2) is 17.5 Å². The van der Waals surface area contributed by atoms with Gasteiger partial charge in [-0.05, 0) is 55.0 Å². The summed E-state index contributed by atoms with van der Waals surface area (Å²) in [6, 6.07) is 11.0. The molecule has 0 atom stereocenters. The van der Waals surface area contributed by atoms with Crippen LogP contribution in [0.15, 0.2) is 53.4 Å². The van der Waals surface area contributed by atoms with Gasteiger partial charge in [0.1, 0.15) is 5.82 Å². The lowest BCUT2D eigenvalue weighted by molar-refractivity contribution is 0.102. The number of carbonyl (C=O) groups excluding carboxylic acids is 1. The molecule has 5 nitrogen and oxygen atoms in total. The minimum atomic E-state index is -3.53. The molecule has 0 fully saturated rings. The summed E-state index contributed by atoms with van der Waals surface area (Å²) in [4.78, 5) is 12.1. The number of hydrogen-bond acceptors (Lipinski definition) is 3. The number of halogens is 1. The Balaban J connectivity index is 2.08. The molecule has 0 aliphatic heterocycles. The highest BCUT2D eigenvalue weighted by Crippen LogP contribution is 2.15. The summed E-state index contributed by atoms with van der Waals surface area (Å²) in [5.74, 6) is -0.819. The first kappa shape index (κ1) is 17.1. The standard InChI is InChI=1S/C16H17FN2O3S/c1-2-11-18-23(21,22)15-9-7-14(8-10-15)19-16(20)12-3-5-13(17)6-4-12/h3-10,18H,2,11H2,1H3,(H,19,20). The summed E-state index contributed by atoms with van der Waals surface area (Å²) in [6.45, 7) is 2.24. The Hall–Kier alpha value is -2.25. The van der Waals surface area contributed by atoms with Gasteiger partial charge in [0.15, 0.2) is 0 Å². The Labute approximate surface area is 134 Å². The Kier molecular flexibility index (Phi) is 5.46. The summed E-state index contributed by atoms with van der Waals surface area (Å²) in [7, 11) is -3.53. The lowest BCUT2D eigenvalue weighted by Crippen LogP contribution is -2.24. The Morgan fingerprint density at radius 1 is 1.04 bits per heavy atom. The SMILES string of the molecule is CCCNS(=O)(=O)c1ccc(NC(=O)c2ccc(F)cc2)cc1. The van der Waals surface area contributed by atoms with E-state index in [1.54, 1.807) is 0 Å². The van der Waals surface area contributed by atoms with E-state index in [0.717, 1.165) is 0 Å². The lowest BCUT2D eigenvalue weighted by Gasteiger charge is -2.08. The van der Waals surface area contributed by atoms with E-state index < -0.39 is 21.7 Å². The van der Waals surface area contributed by atoms with Crippen LogP contribution >= 0.6 is 0 Å². The highest BCUT2D eigenvalue weighted by Gasteiger charge is 2.13. The molecule has 0 saturated carbocycles. The molecule has 2 rings (SSSR count). The fourth-order valence-corrected chi connectivity index (χ4v) is 2.98. The monoisotopic (exact) mass is 336 g/mol. The van der Waals surface area contributed by atoms with Crippen molar-refractivity contribution in [2.75, 3.05) is 11.9 Å². The van der Waals surface area contributed by atoms with Crippen LogP contribution in [-0.2, 0) is 10.0 Å². The molecule has 0 bridgehead atoms. The summed E-state index contributed by atoms with van der Waals surface area (Å²) < 4.78 is 39.2. The van der Waals surface area contributed by atoms with Gasteiger partial charge in [-0.15, -0.1) is 0 Å². The van der Waals surface area contributed by atoms with Crippen molar-refractivity contribution in [1.82, 2.24) is 4.72 Å². The van der Waals surface area contributed by atoms with E-state index in [-0.39, 0.29) is 4.90 Å². The number of amides is 1. The maximum atomic E-state index is 12.8. The third-order valence-electron chi connectivity index (χ3n) is 3.07. The van der Waals surface area contributed by atoms with Crippen LogP contribution in [0, 0.1) is 5.82 Å². The molecule has 0 radical (unpaired) electrons. The van der Waals surface area contributed by atoms with Gasteiger partial charge in [-0.3, -0.25) is 4.79 Å². The number of nitrogens with one attached hydrogen (secondary N) is 2. The van der Waals surface area contributed by atoms with E-state index in [0.29, 0.717) is 24.2 Å². The molecule has 0 aromatic heterocycles. The topological polar surface area (TPSA) is 75.3 Å². The molecule has 0 unspecified atom stereocenters. The first-order chi connectivity index (χ1) is 10.9. The van der Waals surface area contributed by atoms with E-state index >= 15 is 0 Å². The fourth-order valence-electron chi connectivity index (χ4n) is 1.84. The average molecular weight is 336 g/mol. The van der Waals surface area contributed by atoms with Crippen LogP contribution in [0.25, 0.3) is 0 Å². The third-order valence-corrected chi connectivity index (χ3v) is 4.55. The van der Waals surface area contributed by atoms with Crippen molar-refractivity contribution in [2.24, 2.45) is 0 Å². The van der Waals surface area contributed by atoms with Crippen LogP contribution in [0.4, 0.5) is 10.1 Å². The van der Waals surface area contributed by atoms with Gasteiger partial charge in [-0.1, -0.05) is 6.92 Å². The normalized spacial score (nSPS) is 11.2. The number of anilines is 1. The van der Waals surface area contributed by atoms with Gasteiger partial charge >= 0.3 is 0 Å². The molecule has 0 saturated heterocycles. The van der Waals surface area contributed by atoms with Crippen molar-refractivity contribution in [2.45, 2.75) is 18.2 Å². The van der Waals surface area contributed by atoms with Crippen LogP contribution in [0.5, 0.6) is 0 Å². The third kappa shape index (κ3) is 4.61. The van der Waals surface area contributed by atoms with Crippen LogP contribution in [0.2, 0.25) is 0 Å². The van der Waals surface area contributed by atoms with Gasteiger partial charge in [0.2, 0.25) is 10.0 Å². The fraction of sp³-hybridized carbons (Fsp3) is 0.188. The van der Waals surface area contributed by atoms with Gasteiger partial charge in [0, 0.05) is 17.8 Å². The number of carbonyl (C=O) groups is 1. The summed E-state index contributed by atoms with van der Waals surface area (Å²) in [6.07, 6.45) is 0.699. The van der Waals surface area contributed by atoms with E-state index in [1.165, 1.54) is 48.5 Å². The second-order valence-corrected chi connectivity index (χ2v) is 6.65. The first-order valence-corrected chi connectivity index (χ1v) is 8.57. The molecule has 2 aromatic rings. The van der Waals surface area contributed by atoms with E-state index in [4.69, 9.17) is 0 Å². The predicted molar refractivity (Wildman–Crippen MR) is 86.3 cm³/mol. The average Bonchev–Trinajstić information content (AvgIpc) is 2.54. The predicted octanol–water partition coefficient (Wildman–Crippen LogP) is 2.77. The van der Waals surface area contributed by atoms with E-state index in [2.05, 4.69) is 10.0 Å². The van der Waals surface area contributed by atoms with Crippen molar-refractivity contribution in [3.05, 3.63) is 59.9 Å². The van der Waals surface area contributed by atoms with Crippen LogP contribution in [0.1, 0.15) is 23.7 Å². The summed E-state index contributed by atoms with van der Waals surface area (Å²) >= 11 is 0. The molecule has 1 amide bonds. The van der Waals surface area contributed by atoms with Crippen molar-refractivity contribution in [3.63, 3.8) is 0 Å². The highest BCUT2D eigenvalue weighted by atomic mass is 32.2. The lowest BCUT2D eigenvalue weighted by atomic mass is 10.2. The summed E-state index contributed by atoms with van der Waals surface area (Å²) in [5, 5.41) is 2.62. The molecule has 7 heteroatoms. The zero-order valence-corrected chi connectivity index (χ0v) is 13.4. The van der Waals surface area contributed by atoms with Gasteiger partial charge in [0.25, 0.3) is 5.91 Å². The molecule has 0 heterocycles. The second-order valence-electron chi connectivity index (χ2n) is 4.88. The quantitative estimate of drug-likeness (QED) is 0.852. The molecule has 122 valence electrons. The maximum absolute atomic E-state index is 12.8. The van der Waals surface area contributed by atoms with Crippen molar-refractivity contribution >= 4 is 21.6 Å². The maximum Gasteiger partial charge on any atom is 0.255 e. The minimum absolute atomic E-state index is 0.130. The number of hydrogen-bond donors (Lipinski definition) is 2. The highest BCUT2D eigenvalue weighted by molar-refractivity contribution is 7.89. The smallest absolute Gasteiger partial charge is 0.255 e. The van der Waals surface area contributed by atoms with E-state index in [9.17, 15) is 17.6 Å². The van der Waals surface area contributed by atoms with Crippen LogP contribution in [0.3, 0.4) is 0 Å².